The lowest BCUT2D eigenvalue weighted by Gasteiger charge is -2.30. The first kappa shape index (κ1) is 23.4. The minimum atomic E-state index is -0.938. The Kier molecular flexibility index (Phi) is 6.83. The normalized spacial score (nSPS) is 14.4. The van der Waals surface area contributed by atoms with Crippen molar-refractivity contribution in [2.45, 2.75) is 25.8 Å². The van der Waals surface area contributed by atoms with E-state index in [0.717, 1.165) is 11.1 Å². The van der Waals surface area contributed by atoms with Crippen molar-refractivity contribution in [3.63, 3.8) is 0 Å². The molecule has 3 aromatic rings. The monoisotopic (exact) mass is 506 g/mol. The minimum absolute atomic E-state index is 0.102. The zero-order valence-electron chi connectivity index (χ0n) is 17.7. The standard InChI is InChI=1S/C23H21Cl3N4O3/c1-12-20(17-10-16(18(25)11-19(17)26)13-2-4-14(24)5-3-13)28-29-21(12)22(31)27-15-6-8-30(9-7-15)23(32)33/h2-5,10-11,15H,6-9H2,1H3,(H,27,31)(H,28,29)(H,32,33). The highest BCUT2D eigenvalue weighted by molar-refractivity contribution is 6.38. The molecule has 4 rings (SSSR count). The molecule has 0 aliphatic carbocycles. The van der Waals surface area contributed by atoms with E-state index in [1.54, 1.807) is 25.1 Å². The van der Waals surface area contributed by atoms with Gasteiger partial charge in [0.05, 0.1) is 10.7 Å². The van der Waals surface area contributed by atoms with Crippen molar-refractivity contribution in [2.75, 3.05) is 13.1 Å². The smallest absolute Gasteiger partial charge is 0.407 e. The van der Waals surface area contributed by atoms with Crippen LogP contribution in [0.3, 0.4) is 0 Å². The zero-order valence-corrected chi connectivity index (χ0v) is 19.9. The van der Waals surface area contributed by atoms with Gasteiger partial charge in [-0.05, 0) is 49.6 Å². The van der Waals surface area contributed by atoms with Crippen LogP contribution in [0.15, 0.2) is 36.4 Å². The summed E-state index contributed by atoms with van der Waals surface area (Å²) in [6.45, 7) is 2.58. The molecule has 2 heterocycles. The molecule has 1 aromatic heterocycles. The van der Waals surface area contributed by atoms with Crippen molar-refractivity contribution in [1.82, 2.24) is 20.4 Å². The Morgan fingerprint density at radius 3 is 2.33 bits per heavy atom. The van der Waals surface area contributed by atoms with Gasteiger partial charge in [0, 0.05) is 45.9 Å². The number of carbonyl (C=O) groups excluding carboxylic acids is 1. The highest BCUT2D eigenvalue weighted by atomic mass is 35.5. The van der Waals surface area contributed by atoms with E-state index in [9.17, 15) is 9.59 Å². The van der Waals surface area contributed by atoms with Gasteiger partial charge in [-0.2, -0.15) is 5.10 Å². The number of aromatic nitrogens is 2. The maximum atomic E-state index is 12.9. The van der Waals surface area contributed by atoms with Crippen molar-refractivity contribution in [3.05, 3.63) is 62.7 Å². The zero-order chi connectivity index (χ0) is 23.7. The van der Waals surface area contributed by atoms with Crippen molar-refractivity contribution in [1.29, 1.82) is 0 Å². The summed E-state index contributed by atoms with van der Waals surface area (Å²) in [4.78, 5) is 25.3. The van der Waals surface area contributed by atoms with E-state index < -0.39 is 6.09 Å². The fourth-order valence-corrected chi connectivity index (χ4v) is 4.64. The van der Waals surface area contributed by atoms with Gasteiger partial charge < -0.3 is 15.3 Å². The lowest BCUT2D eigenvalue weighted by atomic mass is 9.99. The maximum Gasteiger partial charge on any atom is 0.407 e. The van der Waals surface area contributed by atoms with Crippen LogP contribution in [0.2, 0.25) is 15.1 Å². The van der Waals surface area contributed by atoms with Crippen LogP contribution in [0.25, 0.3) is 22.4 Å². The number of benzene rings is 2. The second-order valence-corrected chi connectivity index (χ2v) is 9.16. The quantitative estimate of drug-likeness (QED) is 0.410. The molecule has 0 radical (unpaired) electrons. The van der Waals surface area contributed by atoms with Gasteiger partial charge >= 0.3 is 6.09 Å². The van der Waals surface area contributed by atoms with Crippen molar-refractivity contribution < 1.29 is 14.7 Å². The second-order valence-electron chi connectivity index (χ2n) is 7.91. The van der Waals surface area contributed by atoms with Crippen molar-refractivity contribution in [3.8, 4) is 22.4 Å². The van der Waals surface area contributed by atoms with E-state index in [2.05, 4.69) is 15.5 Å². The Hall–Kier alpha value is -2.74. The highest BCUT2D eigenvalue weighted by Gasteiger charge is 2.26. The fourth-order valence-electron chi connectivity index (χ4n) is 3.94. The van der Waals surface area contributed by atoms with E-state index in [1.807, 2.05) is 18.2 Å². The van der Waals surface area contributed by atoms with Crippen LogP contribution in [0.5, 0.6) is 0 Å². The number of aromatic amines is 1. The molecular formula is C23H21Cl3N4O3. The molecule has 0 spiro atoms. The van der Waals surface area contributed by atoms with Crippen LogP contribution in [-0.4, -0.2) is 51.3 Å². The third-order valence-electron chi connectivity index (χ3n) is 5.80. The van der Waals surface area contributed by atoms with Gasteiger partial charge in [-0.1, -0.05) is 46.9 Å². The molecule has 0 bridgehead atoms. The number of hydrogen-bond acceptors (Lipinski definition) is 3. The first-order valence-corrected chi connectivity index (χ1v) is 11.5. The molecule has 172 valence electrons. The Balaban J connectivity index is 1.57. The Morgan fingerprint density at radius 2 is 1.70 bits per heavy atom. The third kappa shape index (κ3) is 4.95. The number of halogens is 3. The van der Waals surface area contributed by atoms with Gasteiger partial charge in [0.2, 0.25) is 0 Å². The largest absolute Gasteiger partial charge is 0.465 e. The molecule has 3 N–H and O–H groups in total. The Labute approximate surface area is 205 Å². The summed E-state index contributed by atoms with van der Waals surface area (Å²) in [5.74, 6) is -0.289. The van der Waals surface area contributed by atoms with Gasteiger partial charge in [0.25, 0.3) is 5.91 Å². The van der Waals surface area contributed by atoms with Gasteiger partial charge in [-0.25, -0.2) is 4.79 Å². The second kappa shape index (κ2) is 9.63. The van der Waals surface area contributed by atoms with Crippen LogP contribution in [0.4, 0.5) is 4.79 Å². The number of amides is 2. The van der Waals surface area contributed by atoms with E-state index in [4.69, 9.17) is 39.9 Å². The van der Waals surface area contributed by atoms with Crippen LogP contribution in [0.1, 0.15) is 28.9 Å². The van der Waals surface area contributed by atoms with E-state index in [-0.39, 0.29) is 11.9 Å². The molecule has 1 fully saturated rings. The predicted octanol–water partition coefficient (Wildman–Crippen LogP) is 5.88. The number of piperidine rings is 1. The number of carbonyl (C=O) groups is 2. The topological polar surface area (TPSA) is 98.3 Å². The molecule has 0 atom stereocenters. The number of carboxylic acid groups (broad SMARTS) is 1. The van der Waals surface area contributed by atoms with Crippen molar-refractivity contribution >= 4 is 46.8 Å². The molecule has 1 aliphatic rings. The van der Waals surface area contributed by atoms with Crippen LogP contribution in [0, 0.1) is 6.92 Å². The maximum absolute atomic E-state index is 12.9. The number of hydrogen-bond donors (Lipinski definition) is 3. The van der Waals surface area contributed by atoms with Crippen LogP contribution >= 0.6 is 34.8 Å². The average molecular weight is 508 g/mol. The Bertz CT molecular complexity index is 1200. The number of nitrogens with zero attached hydrogens (tertiary/aromatic N) is 2. The minimum Gasteiger partial charge on any atom is -0.465 e. The molecule has 7 nitrogen and oxygen atoms in total. The first-order valence-electron chi connectivity index (χ1n) is 10.3. The summed E-state index contributed by atoms with van der Waals surface area (Å²) in [6, 6.07) is 10.7. The highest BCUT2D eigenvalue weighted by Crippen LogP contribution is 2.38. The number of likely N-dealkylation sites (tertiary alicyclic amines) is 1. The fraction of sp³-hybridized carbons (Fsp3) is 0.261. The summed E-state index contributed by atoms with van der Waals surface area (Å²) in [5, 5.41) is 20.8. The summed E-state index contributed by atoms with van der Waals surface area (Å²) < 4.78 is 0. The lowest BCUT2D eigenvalue weighted by Crippen LogP contribution is -2.46. The van der Waals surface area contributed by atoms with E-state index in [1.165, 1.54) is 4.90 Å². The van der Waals surface area contributed by atoms with E-state index in [0.29, 0.717) is 63.5 Å². The molecule has 2 aromatic carbocycles. The summed E-state index contributed by atoms with van der Waals surface area (Å²) >= 11 is 18.9. The molecule has 1 aliphatic heterocycles. The molecule has 10 heteroatoms. The summed E-state index contributed by atoms with van der Waals surface area (Å²) in [6.07, 6.45) is 0.184. The molecule has 33 heavy (non-hydrogen) atoms. The molecule has 0 saturated carbocycles. The number of nitrogens with one attached hydrogen (secondary N) is 2. The first-order chi connectivity index (χ1) is 15.7. The van der Waals surface area contributed by atoms with Gasteiger partial charge in [-0.3, -0.25) is 9.89 Å². The van der Waals surface area contributed by atoms with Crippen molar-refractivity contribution in [2.24, 2.45) is 0 Å². The van der Waals surface area contributed by atoms with Crippen LogP contribution < -0.4 is 5.32 Å². The molecule has 2 amide bonds. The van der Waals surface area contributed by atoms with Gasteiger partial charge in [-0.15, -0.1) is 0 Å². The van der Waals surface area contributed by atoms with Gasteiger partial charge in [0.15, 0.2) is 0 Å². The average Bonchev–Trinajstić information content (AvgIpc) is 3.16. The lowest BCUT2D eigenvalue weighted by molar-refractivity contribution is 0.0902. The number of H-pyrrole nitrogens is 1. The summed E-state index contributed by atoms with van der Waals surface area (Å²) in [5.41, 5.74) is 3.84. The Morgan fingerprint density at radius 1 is 1.06 bits per heavy atom. The van der Waals surface area contributed by atoms with Gasteiger partial charge in [0.1, 0.15) is 5.69 Å². The van der Waals surface area contributed by atoms with E-state index >= 15 is 0 Å². The van der Waals surface area contributed by atoms with Crippen LogP contribution in [-0.2, 0) is 0 Å². The molecule has 0 unspecified atom stereocenters. The summed E-state index contributed by atoms with van der Waals surface area (Å²) in [7, 11) is 0. The molecular weight excluding hydrogens is 487 g/mol. The predicted molar refractivity (Wildman–Crippen MR) is 129 cm³/mol. The number of rotatable bonds is 4. The SMILES string of the molecule is Cc1c(-c2cc(-c3ccc(Cl)cc3)c(Cl)cc2Cl)n[nH]c1C(=O)NC1CCN(C(=O)O)CC1. The third-order valence-corrected chi connectivity index (χ3v) is 6.68. The molecule has 1 saturated heterocycles.